The highest BCUT2D eigenvalue weighted by atomic mass is 16.3. The van der Waals surface area contributed by atoms with E-state index in [1.807, 2.05) is 60.7 Å². The smallest absolute Gasteiger partial charge is 0.232 e. The van der Waals surface area contributed by atoms with E-state index in [1.165, 1.54) is 0 Å². The highest BCUT2D eigenvalue weighted by Crippen LogP contribution is 2.36. The van der Waals surface area contributed by atoms with Crippen LogP contribution in [0.5, 0.6) is 0 Å². The summed E-state index contributed by atoms with van der Waals surface area (Å²) in [6, 6.07) is 19.6. The van der Waals surface area contributed by atoms with Gasteiger partial charge in [0.1, 0.15) is 0 Å². The van der Waals surface area contributed by atoms with Crippen LogP contribution in [0.15, 0.2) is 60.7 Å². The van der Waals surface area contributed by atoms with E-state index >= 15 is 0 Å². The predicted octanol–water partition coefficient (Wildman–Crippen LogP) is 2.30. The van der Waals surface area contributed by atoms with Gasteiger partial charge in [0.2, 0.25) is 5.91 Å². The van der Waals surface area contributed by atoms with E-state index in [4.69, 9.17) is 5.73 Å². The molecular weight excluding hydrogens is 312 g/mol. The van der Waals surface area contributed by atoms with Gasteiger partial charge in [0.15, 0.2) is 0 Å². The second kappa shape index (κ2) is 7.81. The minimum absolute atomic E-state index is 0.194. The van der Waals surface area contributed by atoms with Crippen LogP contribution < -0.4 is 5.73 Å². The van der Waals surface area contributed by atoms with Gasteiger partial charge in [-0.1, -0.05) is 60.7 Å². The fourth-order valence-electron chi connectivity index (χ4n) is 3.78. The number of amides is 1. The number of rotatable bonds is 6. The quantitative estimate of drug-likeness (QED) is 0.849. The summed E-state index contributed by atoms with van der Waals surface area (Å²) >= 11 is 0. The zero-order valence-electron chi connectivity index (χ0n) is 14.5. The summed E-state index contributed by atoms with van der Waals surface area (Å²) in [5.74, 6) is -0.318. The Balaban J connectivity index is 1.92. The minimum atomic E-state index is -0.835. The van der Waals surface area contributed by atoms with Gasteiger partial charge < -0.3 is 15.7 Å². The number of hydrogen-bond donors (Lipinski definition) is 2. The molecule has 0 atom stereocenters. The van der Waals surface area contributed by atoms with Crippen LogP contribution in [0.2, 0.25) is 0 Å². The van der Waals surface area contributed by atoms with Gasteiger partial charge in [-0.05, 0) is 36.9 Å². The zero-order chi connectivity index (χ0) is 17.7. The van der Waals surface area contributed by atoms with Crippen molar-refractivity contribution < 1.29 is 9.90 Å². The first-order valence-electron chi connectivity index (χ1n) is 8.94. The number of aliphatic hydroxyl groups is 1. The number of hydrogen-bond acceptors (Lipinski definition) is 3. The molecule has 3 rings (SSSR count). The maximum Gasteiger partial charge on any atom is 0.232 e. The third-order valence-corrected chi connectivity index (χ3v) is 5.31. The zero-order valence-corrected chi connectivity index (χ0v) is 14.5. The first-order valence-corrected chi connectivity index (χ1v) is 8.94. The largest absolute Gasteiger partial charge is 0.393 e. The summed E-state index contributed by atoms with van der Waals surface area (Å²) in [4.78, 5) is 15.0. The number of piperidine rings is 1. The molecule has 1 amide bonds. The van der Waals surface area contributed by atoms with E-state index in [-0.39, 0.29) is 12.0 Å². The third kappa shape index (κ3) is 3.75. The molecule has 2 aromatic rings. The number of primary amides is 1. The molecule has 4 heteroatoms. The molecule has 1 fully saturated rings. The molecule has 0 radical (unpaired) electrons. The second-order valence-electron chi connectivity index (χ2n) is 6.82. The Labute approximate surface area is 149 Å². The summed E-state index contributed by atoms with van der Waals surface area (Å²) in [5, 5.41) is 9.70. The maximum absolute atomic E-state index is 12.7. The van der Waals surface area contributed by atoms with E-state index in [0.717, 1.165) is 43.6 Å². The monoisotopic (exact) mass is 338 g/mol. The summed E-state index contributed by atoms with van der Waals surface area (Å²) in [7, 11) is 0. The molecule has 0 saturated carbocycles. The molecule has 0 aromatic heterocycles. The first kappa shape index (κ1) is 17.6. The van der Waals surface area contributed by atoms with Crippen molar-refractivity contribution in [2.45, 2.75) is 30.8 Å². The average Bonchev–Trinajstić information content (AvgIpc) is 2.65. The van der Waals surface area contributed by atoms with E-state index in [2.05, 4.69) is 4.90 Å². The normalized spacial score (nSPS) is 16.7. The SMILES string of the molecule is NC(=O)C(CCN1CCC(O)CC1)(c1ccccc1)c1ccccc1. The van der Waals surface area contributed by atoms with Crippen LogP contribution in [0.25, 0.3) is 0 Å². The number of likely N-dealkylation sites (tertiary alicyclic amines) is 1. The second-order valence-corrected chi connectivity index (χ2v) is 6.82. The van der Waals surface area contributed by atoms with Crippen LogP contribution in [0, 0.1) is 0 Å². The van der Waals surface area contributed by atoms with Crippen LogP contribution in [0.4, 0.5) is 0 Å². The van der Waals surface area contributed by atoms with Crippen molar-refractivity contribution in [3.8, 4) is 0 Å². The number of nitrogens with zero attached hydrogens (tertiary/aromatic N) is 1. The fourth-order valence-corrected chi connectivity index (χ4v) is 3.78. The minimum Gasteiger partial charge on any atom is -0.393 e. The van der Waals surface area contributed by atoms with Gasteiger partial charge in [0, 0.05) is 13.1 Å². The van der Waals surface area contributed by atoms with E-state index in [0.29, 0.717) is 6.42 Å². The van der Waals surface area contributed by atoms with Crippen molar-refractivity contribution in [3.63, 3.8) is 0 Å². The Kier molecular flexibility index (Phi) is 5.51. The third-order valence-electron chi connectivity index (χ3n) is 5.31. The lowest BCUT2D eigenvalue weighted by atomic mass is 9.71. The number of aliphatic hydroxyl groups excluding tert-OH is 1. The van der Waals surface area contributed by atoms with E-state index in [9.17, 15) is 9.90 Å². The lowest BCUT2D eigenvalue weighted by molar-refractivity contribution is -0.122. The van der Waals surface area contributed by atoms with E-state index < -0.39 is 5.41 Å². The van der Waals surface area contributed by atoms with Crippen molar-refractivity contribution in [2.24, 2.45) is 5.73 Å². The molecule has 3 N–H and O–H groups in total. The van der Waals surface area contributed by atoms with Gasteiger partial charge in [-0.15, -0.1) is 0 Å². The molecule has 0 unspecified atom stereocenters. The van der Waals surface area contributed by atoms with Crippen LogP contribution >= 0.6 is 0 Å². The standard InChI is InChI=1S/C21H26N2O2/c22-20(25)21(17-7-3-1-4-8-17,18-9-5-2-6-10-18)13-16-23-14-11-19(24)12-15-23/h1-10,19,24H,11-16H2,(H2,22,25). The Morgan fingerprint density at radius 3 is 1.92 bits per heavy atom. The maximum atomic E-state index is 12.7. The Hall–Kier alpha value is -2.17. The molecule has 0 spiro atoms. The Morgan fingerprint density at radius 2 is 1.48 bits per heavy atom. The molecule has 2 aromatic carbocycles. The summed E-state index contributed by atoms with van der Waals surface area (Å²) in [6.45, 7) is 2.50. The highest BCUT2D eigenvalue weighted by molar-refractivity contribution is 5.90. The molecule has 1 heterocycles. The molecule has 4 nitrogen and oxygen atoms in total. The fraction of sp³-hybridized carbons (Fsp3) is 0.381. The van der Waals surface area contributed by atoms with Crippen molar-refractivity contribution in [3.05, 3.63) is 71.8 Å². The molecule has 132 valence electrons. The van der Waals surface area contributed by atoms with E-state index in [1.54, 1.807) is 0 Å². The van der Waals surface area contributed by atoms with Gasteiger partial charge in [0.05, 0.1) is 11.5 Å². The van der Waals surface area contributed by atoms with Gasteiger partial charge in [0.25, 0.3) is 0 Å². The van der Waals surface area contributed by atoms with Crippen LogP contribution in [0.3, 0.4) is 0 Å². The van der Waals surface area contributed by atoms with Gasteiger partial charge >= 0.3 is 0 Å². The van der Waals surface area contributed by atoms with Crippen molar-refractivity contribution in [1.82, 2.24) is 4.90 Å². The van der Waals surface area contributed by atoms with Gasteiger partial charge in [-0.25, -0.2) is 0 Å². The molecule has 1 saturated heterocycles. The predicted molar refractivity (Wildman–Crippen MR) is 99.2 cm³/mol. The molecular formula is C21H26N2O2. The molecule has 1 aliphatic heterocycles. The lowest BCUT2D eigenvalue weighted by Gasteiger charge is -2.36. The summed E-state index contributed by atoms with van der Waals surface area (Å²) in [6.07, 6.45) is 2.02. The summed E-state index contributed by atoms with van der Waals surface area (Å²) < 4.78 is 0. The number of nitrogens with two attached hydrogens (primary N) is 1. The lowest BCUT2D eigenvalue weighted by Crippen LogP contribution is -2.46. The number of benzene rings is 2. The highest BCUT2D eigenvalue weighted by Gasteiger charge is 2.40. The van der Waals surface area contributed by atoms with Crippen molar-refractivity contribution in [2.75, 3.05) is 19.6 Å². The number of carbonyl (C=O) groups is 1. The van der Waals surface area contributed by atoms with Gasteiger partial charge in [-0.2, -0.15) is 0 Å². The number of carbonyl (C=O) groups excluding carboxylic acids is 1. The topological polar surface area (TPSA) is 66.6 Å². The van der Waals surface area contributed by atoms with Crippen molar-refractivity contribution in [1.29, 1.82) is 0 Å². The van der Waals surface area contributed by atoms with Crippen LogP contribution in [-0.2, 0) is 10.2 Å². The Morgan fingerprint density at radius 1 is 1.00 bits per heavy atom. The van der Waals surface area contributed by atoms with Crippen LogP contribution in [-0.4, -0.2) is 41.7 Å². The Bertz CT molecular complexity index is 640. The van der Waals surface area contributed by atoms with Crippen molar-refractivity contribution >= 4 is 5.91 Å². The molecule has 1 aliphatic rings. The van der Waals surface area contributed by atoms with Gasteiger partial charge in [-0.3, -0.25) is 4.79 Å². The first-order chi connectivity index (χ1) is 12.1. The van der Waals surface area contributed by atoms with Crippen LogP contribution in [0.1, 0.15) is 30.4 Å². The summed E-state index contributed by atoms with van der Waals surface area (Å²) in [5.41, 5.74) is 7.01. The molecule has 0 bridgehead atoms. The molecule has 0 aliphatic carbocycles. The molecule has 25 heavy (non-hydrogen) atoms. The average molecular weight is 338 g/mol.